The zero-order valence-electron chi connectivity index (χ0n) is 9.84. The molecular formula is C12H11NO4S. The smallest absolute Gasteiger partial charge is 0.345 e. The first-order valence-electron chi connectivity index (χ1n) is 5.56. The maximum atomic E-state index is 12.1. The van der Waals surface area contributed by atoms with Gasteiger partial charge in [0.05, 0.1) is 11.8 Å². The molecule has 3 rings (SSSR count). The second-order valence-electron chi connectivity index (χ2n) is 5.23. The first-order chi connectivity index (χ1) is 8.35. The van der Waals surface area contributed by atoms with E-state index in [1.54, 1.807) is 0 Å². The number of rotatable bonds is 2. The third kappa shape index (κ3) is 1.23. The molecule has 6 heteroatoms. The van der Waals surface area contributed by atoms with Crippen molar-refractivity contribution < 1.29 is 19.5 Å². The van der Waals surface area contributed by atoms with Crippen molar-refractivity contribution in [1.29, 1.82) is 0 Å². The van der Waals surface area contributed by atoms with Gasteiger partial charge in [0.2, 0.25) is 11.8 Å². The van der Waals surface area contributed by atoms with Crippen LogP contribution in [-0.4, -0.2) is 22.9 Å². The van der Waals surface area contributed by atoms with Gasteiger partial charge in [-0.15, -0.1) is 11.3 Å². The quantitative estimate of drug-likeness (QED) is 0.824. The molecule has 1 saturated heterocycles. The largest absolute Gasteiger partial charge is 0.477 e. The van der Waals surface area contributed by atoms with Crippen molar-refractivity contribution in [1.82, 2.24) is 0 Å². The van der Waals surface area contributed by atoms with Crippen LogP contribution in [-0.2, 0) is 9.59 Å². The number of nitrogens with zero attached hydrogens (tertiary/aromatic N) is 1. The number of carbonyl (C=O) groups excluding carboxylic acids is 2. The highest BCUT2D eigenvalue weighted by Gasteiger charge is 2.72. The van der Waals surface area contributed by atoms with Crippen molar-refractivity contribution in [3.8, 4) is 0 Å². The van der Waals surface area contributed by atoms with Crippen molar-refractivity contribution in [2.24, 2.45) is 17.3 Å². The Kier molecular flexibility index (Phi) is 2.03. The standard InChI is InChI=1S/C12H11NO4S/c1-12(2)7-8(12)10(15)13(9(7)14)6-4-3-5(18-6)11(16)17/h3-4,7-8H,1-2H3,(H,16,17). The predicted molar refractivity (Wildman–Crippen MR) is 64.5 cm³/mol. The van der Waals surface area contributed by atoms with Gasteiger partial charge in [-0.1, -0.05) is 13.8 Å². The van der Waals surface area contributed by atoms with Crippen LogP contribution in [0.25, 0.3) is 0 Å². The summed E-state index contributed by atoms with van der Waals surface area (Å²) in [6, 6.07) is 2.93. The van der Waals surface area contributed by atoms with E-state index in [0.717, 1.165) is 16.2 Å². The van der Waals surface area contributed by atoms with Crippen LogP contribution in [0.3, 0.4) is 0 Å². The summed E-state index contributed by atoms with van der Waals surface area (Å²) in [5.41, 5.74) is -0.239. The van der Waals surface area contributed by atoms with Gasteiger partial charge in [0.1, 0.15) is 9.88 Å². The first kappa shape index (κ1) is 11.4. The Balaban J connectivity index is 1.93. The maximum Gasteiger partial charge on any atom is 0.345 e. The number of hydrogen-bond donors (Lipinski definition) is 1. The molecule has 94 valence electrons. The molecule has 2 heterocycles. The highest BCUT2D eigenvalue weighted by Crippen LogP contribution is 2.63. The molecule has 5 nitrogen and oxygen atoms in total. The number of piperidine rings is 1. The Bertz CT molecular complexity index is 565. The van der Waals surface area contributed by atoms with Crippen LogP contribution in [0.4, 0.5) is 5.00 Å². The minimum Gasteiger partial charge on any atom is -0.477 e. The van der Waals surface area contributed by atoms with Crippen LogP contribution in [0.1, 0.15) is 23.5 Å². The van der Waals surface area contributed by atoms with E-state index < -0.39 is 5.97 Å². The Hall–Kier alpha value is -1.69. The number of fused-ring (bicyclic) bond motifs is 1. The molecule has 0 bridgehead atoms. The van der Waals surface area contributed by atoms with Crippen molar-refractivity contribution in [2.45, 2.75) is 13.8 Å². The summed E-state index contributed by atoms with van der Waals surface area (Å²) in [5, 5.41) is 9.25. The molecule has 1 aromatic heterocycles. The molecule has 0 spiro atoms. The van der Waals surface area contributed by atoms with Crippen LogP contribution in [0.15, 0.2) is 12.1 Å². The summed E-state index contributed by atoms with van der Waals surface area (Å²) in [4.78, 5) is 36.3. The summed E-state index contributed by atoms with van der Waals surface area (Å²) >= 11 is 0.953. The summed E-state index contributed by atoms with van der Waals surface area (Å²) in [6.45, 7) is 3.82. The number of thiophene rings is 1. The molecule has 2 fully saturated rings. The average molecular weight is 265 g/mol. The van der Waals surface area contributed by atoms with E-state index in [0.29, 0.717) is 5.00 Å². The molecule has 1 aromatic rings. The molecule has 1 aliphatic heterocycles. The van der Waals surface area contributed by atoms with E-state index in [4.69, 9.17) is 5.11 Å². The summed E-state index contributed by atoms with van der Waals surface area (Å²) in [6.07, 6.45) is 0. The van der Waals surface area contributed by atoms with Gasteiger partial charge in [-0.3, -0.25) is 9.59 Å². The molecule has 0 aromatic carbocycles. The summed E-state index contributed by atoms with van der Waals surface area (Å²) < 4.78 is 0. The molecule has 18 heavy (non-hydrogen) atoms. The van der Waals surface area contributed by atoms with E-state index in [1.165, 1.54) is 12.1 Å². The van der Waals surface area contributed by atoms with Crippen LogP contribution in [0.2, 0.25) is 0 Å². The highest BCUT2D eigenvalue weighted by atomic mass is 32.1. The summed E-state index contributed by atoms with van der Waals surface area (Å²) in [5.74, 6) is -1.92. The topological polar surface area (TPSA) is 74.7 Å². The van der Waals surface area contributed by atoms with Crippen molar-refractivity contribution in [3.05, 3.63) is 17.0 Å². The molecule has 2 atom stereocenters. The van der Waals surface area contributed by atoms with Crippen molar-refractivity contribution in [2.75, 3.05) is 4.90 Å². The predicted octanol–water partition coefficient (Wildman–Crippen LogP) is 1.59. The highest BCUT2D eigenvalue weighted by molar-refractivity contribution is 7.18. The zero-order valence-corrected chi connectivity index (χ0v) is 10.7. The lowest BCUT2D eigenvalue weighted by atomic mass is 10.1. The summed E-state index contributed by atoms with van der Waals surface area (Å²) in [7, 11) is 0. The van der Waals surface area contributed by atoms with E-state index in [1.807, 2.05) is 13.8 Å². The van der Waals surface area contributed by atoms with Gasteiger partial charge < -0.3 is 5.11 Å². The Morgan fingerprint density at radius 1 is 1.28 bits per heavy atom. The molecule has 1 saturated carbocycles. The van der Waals surface area contributed by atoms with Crippen LogP contribution in [0, 0.1) is 17.3 Å². The number of hydrogen-bond acceptors (Lipinski definition) is 4. The second kappa shape index (κ2) is 3.20. The van der Waals surface area contributed by atoms with Crippen LogP contribution in [0.5, 0.6) is 0 Å². The number of amides is 2. The molecule has 2 amide bonds. The van der Waals surface area contributed by atoms with Gasteiger partial charge in [-0.2, -0.15) is 0 Å². The Labute approximate surface area is 107 Å². The number of aromatic carboxylic acids is 1. The molecular weight excluding hydrogens is 254 g/mol. The van der Waals surface area contributed by atoms with Crippen molar-refractivity contribution >= 4 is 34.1 Å². The van der Waals surface area contributed by atoms with Gasteiger partial charge in [0.15, 0.2) is 0 Å². The number of carboxylic acid groups (broad SMARTS) is 1. The van der Waals surface area contributed by atoms with E-state index in [-0.39, 0.29) is 33.9 Å². The van der Waals surface area contributed by atoms with Crippen molar-refractivity contribution in [3.63, 3.8) is 0 Å². The monoisotopic (exact) mass is 265 g/mol. The van der Waals surface area contributed by atoms with Gasteiger partial charge in [0.25, 0.3) is 0 Å². The van der Waals surface area contributed by atoms with Gasteiger partial charge >= 0.3 is 5.97 Å². The SMILES string of the molecule is CC1(C)C2C(=O)N(c3ccc(C(=O)O)s3)C(=O)C21. The molecule has 2 unspecified atom stereocenters. The minimum absolute atomic E-state index is 0.130. The third-order valence-corrected chi connectivity index (χ3v) is 4.88. The second-order valence-corrected chi connectivity index (χ2v) is 6.29. The number of carbonyl (C=O) groups is 3. The molecule has 0 radical (unpaired) electrons. The lowest BCUT2D eigenvalue weighted by molar-refractivity contribution is -0.125. The van der Waals surface area contributed by atoms with Gasteiger partial charge in [-0.25, -0.2) is 9.69 Å². The fraction of sp³-hybridized carbons (Fsp3) is 0.417. The average Bonchev–Trinajstić information content (AvgIpc) is 2.65. The molecule has 1 N–H and O–H groups in total. The van der Waals surface area contributed by atoms with Gasteiger partial charge in [-0.05, 0) is 17.5 Å². The normalized spacial score (nSPS) is 28.4. The first-order valence-corrected chi connectivity index (χ1v) is 6.38. The fourth-order valence-electron chi connectivity index (χ4n) is 2.73. The lowest BCUT2D eigenvalue weighted by Crippen LogP contribution is -2.35. The molecule has 2 aliphatic rings. The maximum absolute atomic E-state index is 12.1. The number of anilines is 1. The lowest BCUT2D eigenvalue weighted by Gasteiger charge is -2.18. The third-order valence-electron chi connectivity index (χ3n) is 3.82. The Morgan fingerprint density at radius 3 is 2.28 bits per heavy atom. The van der Waals surface area contributed by atoms with Gasteiger partial charge in [0, 0.05) is 0 Å². The fourth-order valence-corrected chi connectivity index (χ4v) is 3.58. The Morgan fingerprint density at radius 2 is 1.83 bits per heavy atom. The number of imide groups is 1. The van der Waals surface area contributed by atoms with E-state index in [9.17, 15) is 14.4 Å². The van der Waals surface area contributed by atoms with Crippen LogP contribution >= 0.6 is 11.3 Å². The minimum atomic E-state index is -1.05. The number of carboxylic acids is 1. The van der Waals surface area contributed by atoms with Crippen LogP contribution < -0.4 is 4.90 Å². The van der Waals surface area contributed by atoms with E-state index in [2.05, 4.69) is 0 Å². The zero-order chi connectivity index (χ0) is 13.2. The van der Waals surface area contributed by atoms with E-state index >= 15 is 0 Å². The molecule has 1 aliphatic carbocycles.